The van der Waals surface area contributed by atoms with Crippen LogP contribution in [0.3, 0.4) is 0 Å². The van der Waals surface area contributed by atoms with Gasteiger partial charge < -0.3 is 15.3 Å². The van der Waals surface area contributed by atoms with E-state index in [1.165, 1.54) is 12.8 Å². The molecular formula is C18H22N4O2S. The Bertz CT molecular complexity index is 730. The second-order valence-corrected chi connectivity index (χ2v) is 7.53. The molecule has 0 radical (unpaired) electrons. The zero-order valence-electron chi connectivity index (χ0n) is 14.0. The van der Waals surface area contributed by atoms with Crippen LogP contribution >= 0.6 is 11.3 Å². The van der Waals surface area contributed by atoms with Crippen molar-refractivity contribution in [3.05, 3.63) is 35.8 Å². The van der Waals surface area contributed by atoms with E-state index in [0.717, 1.165) is 29.3 Å². The first-order valence-corrected chi connectivity index (χ1v) is 9.56. The van der Waals surface area contributed by atoms with Gasteiger partial charge in [0, 0.05) is 29.4 Å². The van der Waals surface area contributed by atoms with E-state index >= 15 is 0 Å². The maximum absolute atomic E-state index is 12.6. The molecule has 0 bridgehead atoms. The van der Waals surface area contributed by atoms with E-state index in [-0.39, 0.29) is 12.1 Å². The van der Waals surface area contributed by atoms with Gasteiger partial charge in [0.15, 0.2) is 0 Å². The Morgan fingerprint density at radius 2 is 2.12 bits per heavy atom. The van der Waals surface area contributed by atoms with Crippen molar-refractivity contribution in [3.8, 4) is 10.6 Å². The molecular weight excluding hydrogens is 336 g/mol. The lowest BCUT2D eigenvalue weighted by Crippen LogP contribution is -2.41. The number of likely N-dealkylation sites (tertiary alicyclic amines) is 2. The second kappa shape index (κ2) is 7.11. The molecule has 2 aliphatic heterocycles. The van der Waals surface area contributed by atoms with E-state index in [0.29, 0.717) is 13.1 Å². The van der Waals surface area contributed by atoms with Gasteiger partial charge in [0.1, 0.15) is 5.01 Å². The minimum absolute atomic E-state index is 0.0647. The topological polar surface area (TPSA) is 68.7 Å². The summed E-state index contributed by atoms with van der Waals surface area (Å²) >= 11 is 1.57. The second-order valence-electron chi connectivity index (χ2n) is 6.63. The van der Waals surface area contributed by atoms with Crippen LogP contribution in [0.2, 0.25) is 0 Å². The summed E-state index contributed by atoms with van der Waals surface area (Å²) in [6.45, 7) is 3.01. The number of β-amino-alcohol motifs (C(OH)–C–C–N with tert-alkyl or cyclic N) is 1. The summed E-state index contributed by atoms with van der Waals surface area (Å²) in [6, 6.07) is 7.61. The normalized spacial score (nSPS) is 24.0. The minimum Gasteiger partial charge on any atom is -0.390 e. The molecule has 2 aliphatic rings. The van der Waals surface area contributed by atoms with Gasteiger partial charge in [-0.1, -0.05) is 12.1 Å². The number of carbonyl (C=O) groups excluding carboxylic acids is 1. The Hall–Kier alpha value is -1.96. The predicted molar refractivity (Wildman–Crippen MR) is 98.7 cm³/mol. The number of nitrogens with zero attached hydrogens (tertiary/aromatic N) is 3. The Labute approximate surface area is 151 Å². The SMILES string of the molecule is O=C(Nc1cccc(-c2nccs2)c1)N1C[C@@H](N2CCCC2)[C@@H](O)C1. The van der Waals surface area contributed by atoms with Crippen LogP contribution in [0.15, 0.2) is 35.8 Å². The molecule has 1 aromatic heterocycles. The predicted octanol–water partition coefficient (Wildman–Crippen LogP) is 2.48. The summed E-state index contributed by atoms with van der Waals surface area (Å²) in [5, 5.41) is 16.2. The number of anilines is 1. The van der Waals surface area contributed by atoms with Gasteiger partial charge in [-0.2, -0.15) is 0 Å². The number of hydrogen-bond acceptors (Lipinski definition) is 5. The monoisotopic (exact) mass is 358 g/mol. The molecule has 0 unspecified atom stereocenters. The van der Waals surface area contributed by atoms with Crippen molar-refractivity contribution in [3.63, 3.8) is 0 Å². The Kier molecular flexibility index (Phi) is 4.70. The largest absolute Gasteiger partial charge is 0.390 e. The van der Waals surface area contributed by atoms with Gasteiger partial charge in [-0.15, -0.1) is 11.3 Å². The molecule has 2 saturated heterocycles. The molecule has 1 aromatic carbocycles. The number of aromatic nitrogens is 1. The van der Waals surface area contributed by atoms with Gasteiger partial charge in [0.05, 0.1) is 18.7 Å². The van der Waals surface area contributed by atoms with Gasteiger partial charge in [-0.05, 0) is 38.1 Å². The number of benzene rings is 1. The van der Waals surface area contributed by atoms with Gasteiger partial charge in [-0.25, -0.2) is 9.78 Å². The van der Waals surface area contributed by atoms with E-state index < -0.39 is 6.10 Å². The average molecular weight is 358 g/mol. The highest BCUT2D eigenvalue weighted by Crippen LogP contribution is 2.25. The molecule has 2 amide bonds. The standard InChI is InChI=1S/C18H22N4O2S/c23-16-12-22(11-15(16)21-7-1-2-8-21)18(24)20-14-5-3-4-13(10-14)17-19-6-9-25-17/h3-6,9-10,15-16,23H,1-2,7-8,11-12H2,(H,20,24)/t15-,16+/m1/s1. The number of hydrogen-bond donors (Lipinski definition) is 2. The first kappa shape index (κ1) is 16.5. The zero-order valence-corrected chi connectivity index (χ0v) is 14.8. The lowest BCUT2D eigenvalue weighted by molar-refractivity contribution is 0.0980. The quantitative estimate of drug-likeness (QED) is 0.884. The third-order valence-electron chi connectivity index (χ3n) is 4.95. The maximum atomic E-state index is 12.6. The van der Waals surface area contributed by atoms with Gasteiger partial charge in [-0.3, -0.25) is 4.90 Å². The van der Waals surface area contributed by atoms with Crippen molar-refractivity contribution in [2.45, 2.75) is 25.0 Å². The zero-order chi connectivity index (χ0) is 17.2. The fourth-order valence-electron chi connectivity index (χ4n) is 3.67. The molecule has 2 atom stereocenters. The summed E-state index contributed by atoms with van der Waals surface area (Å²) in [6.07, 6.45) is 3.67. The summed E-state index contributed by atoms with van der Waals surface area (Å²) in [5.41, 5.74) is 1.74. The number of aliphatic hydroxyl groups is 1. The van der Waals surface area contributed by atoms with E-state index in [1.807, 2.05) is 29.6 Å². The van der Waals surface area contributed by atoms with E-state index in [2.05, 4.69) is 15.2 Å². The van der Waals surface area contributed by atoms with Crippen molar-refractivity contribution >= 4 is 23.1 Å². The highest BCUT2D eigenvalue weighted by Gasteiger charge is 2.38. The highest BCUT2D eigenvalue weighted by atomic mass is 32.1. The van der Waals surface area contributed by atoms with E-state index in [4.69, 9.17) is 0 Å². The average Bonchev–Trinajstić information content (AvgIpc) is 3.36. The third-order valence-corrected chi connectivity index (χ3v) is 5.77. The van der Waals surface area contributed by atoms with Crippen molar-refractivity contribution in [2.24, 2.45) is 0 Å². The van der Waals surface area contributed by atoms with Crippen LogP contribution in [0.4, 0.5) is 10.5 Å². The smallest absolute Gasteiger partial charge is 0.321 e. The fourth-order valence-corrected chi connectivity index (χ4v) is 4.30. The molecule has 132 valence electrons. The Balaban J connectivity index is 1.41. The molecule has 0 spiro atoms. The summed E-state index contributed by atoms with van der Waals surface area (Å²) in [7, 11) is 0. The van der Waals surface area contributed by atoms with Crippen LogP contribution in [0, 0.1) is 0 Å². The molecule has 2 aromatic rings. The van der Waals surface area contributed by atoms with Crippen LogP contribution in [0.25, 0.3) is 10.6 Å². The number of thiazole rings is 1. The van der Waals surface area contributed by atoms with E-state index in [9.17, 15) is 9.90 Å². The number of urea groups is 1. The molecule has 2 N–H and O–H groups in total. The Morgan fingerprint density at radius 1 is 1.28 bits per heavy atom. The number of rotatable bonds is 3. The van der Waals surface area contributed by atoms with Crippen molar-refractivity contribution in [1.82, 2.24) is 14.8 Å². The van der Waals surface area contributed by atoms with Crippen molar-refractivity contribution in [1.29, 1.82) is 0 Å². The number of aliphatic hydroxyl groups excluding tert-OH is 1. The molecule has 2 fully saturated rings. The summed E-state index contributed by atoms with van der Waals surface area (Å²) < 4.78 is 0. The van der Waals surface area contributed by atoms with Crippen LogP contribution in [0.5, 0.6) is 0 Å². The Morgan fingerprint density at radius 3 is 2.88 bits per heavy atom. The van der Waals surface area contributed by atoms with Gasteiger partial charge in [0.2, 0.25) is 0 Å². The summed E-state index contributed by atoms with van der Waals surface area (Å²) in [4.78, 5) is 20.9. The minimum atomic E-state index is -0.467. The molecule has 4 rings (SSSR count). The number of nitrogens with one attached hydrogen (secondary N) is 1. The molecule has 3 heterocycles. The molecule has 25 heavy (non-hydrogen) atoms. The van der Waals surface area contributed by atoms with Gasteiger partial charge >= 0.3 is 6.03 Å². The molecule has 7 heteroatoms. The van der Waals surface area contributed by atoms with Crippen LogP contribution in [0.1, 0.15) is 12.8 Å². The number of amides is 2. The van der Waals surface area contributed by atoms with Crippen LogP contribution in [-0.2, 0) is 0 Å². The first-order chi connectivity index (χ1) is 12.2. The van der Waals surface area contributed by atoms with Crippen molar-refractivity contribution < 1.29 is 9.90 Å². The highest BCUT2D eigenvalue weighted by molar-refractivity contribution is 7.13. The fraction of sp³-hybridized carbons (Fsp3) is 0.444. The maximum Gasteiger partial charge on any atom is 0.321 e. The van der Waals surface area contributed by atoms with Crippen molar-refractivity contribution in [2.75, 3.05) is 31.5 Å². The van der Waals surface area contributed by atoms with Gasteiger partial charge in [0.25, 0.3) is 0 Å². The van der Waals surface area contributed by atoms with E-state index in [1.54, 1.807) is 22.4 Å². The molecule has 0 aliphatic carbocycles. The third kappa shape index (κ3) is 3.53. The molecule has 0 saturated carbocycles. The lowest BCUT2D eigenvalue weighted by atomic mass is 10.2. The van der Waals surface area contributed by atoms with Crippen LogP contribution in [-0.4, -0.2) is 64.2 Å². The summed E-state index contributed by atoms with van der Waals surface area (Å²) in [5.74, 6) is 0. The molecule has 6 nitrogen and oxygen atoms in total. The number of carbonyl (C=O) groups is 1. The van der Waals surface area contributed by atoms with Crippen LogP contribution < -0.4 is 5.32 Å². The lowest BCUT2D eigenvalue weighted by Gasteiger charge is -2.25. The first-order valence-electron chi connectivity index (χ1n) is 8.69.